The van der Waals surface area contributed by atoms with Gasteiger partial charge in [0.25, 0.3) is 11.8 Å². The highest BCUT2D eigenvalue weighted by Gasteiger charge is 2.51. The molecule has 6 nitrogen and oxygen atoms in total. The molecule has 1 saturated heterocycles. The fraction of sp³-hybridized carbons (Fsp3) is 0.263. The van der Waals surface area contributed by atoms with E-state index >= 15 is 0 Å². The van der Waals surface area contributed by atoms with Crippen molar-refractivity contribution in [2.75, 3.05) is 17.7 Å². The second-order valence-electron chi connectivity index (χ2n) is 6.54. The van der Waals surface area contributed by atoms with E-state index in [4.69, 9.17) is 16.4 Å². The van der Waals surface area contributed by atoms with Gasteiger partial charge in [-0.1, -0.05) is 28.4 Å². The molecule has 0 spiro atoms. The van der Waals surface area contributed by atoms with Gasteiger partial charge in [-0.3, -0.25) is 14.4 Å². The predicted octanol–water partition coefficient (Wildman–Crippen LogP) is 2.63. The molecule has 0 radical (unpaired) electrons. The molecule has 2 atom stereocenters. The topological polar surface area (TPSA) is 93.5 Å². The standard InChI is InChI=1S/C19H19ClFN3O3S/c1-28(22)16-4-2-3-15(10-16)24-6-5-19(27,18(24)26)17(25)23-11-12-7-13(20)9-14(21)8-12/h2-4,7-10,22,27H,5-6,11H2,1H3,(H,23,25). The van der Waals surface area contributed by atoms with E-state index in [-0.39, 0.29) is 24.5 Å². The van der Waals surface area contributed by atoms with E-state index < -0.39 is 33.9 Å². The summed E-state index contributed by atoms with van der Waals surface area (Å²) in [4.78, 5) is 27.4. The fourth-order valence-electron chi connectivity index (χ4n) is 3.05. The average Bonchev–Trinajstić information content (AvgIpc) is 2.95. The molecule has 1 aliphatic rings. The number of amides is 2. The van der Waals surface area contributed by atoms with E-state index in [1.54, 1.807) is 30.5 Å². The van der Waals surface area contributed by atoms with Crippen LogP contribution in [0.3, 0.4) is 0 Å². The highest BCUT2D eigenvalue weighted by molar-refractivity contribution is 7.85. The van der Waals surface area contributed by atoms with Crippen molar-refractivity contribution in [1.82, 2.24) is 5.32 Å². The first kappa shape index (κ1) is 20.4. The second-order valence-corrected chi connectivity index (χ2v) is 8.46. The molecule has 3 N–H and O–H groups in total. The largest absolute Gasteiger partial charge is 0.372 e. The fourth-order valence-corrected chi connectivity index (χ4v) is 3.87. The van der Waals surface area contributed by atoms with Crippen LogP contribution in [0.5, 0.6) is 0 Å². The first-order chi connectivity index (χ1) is 13.2. The first-order valence-electron chi connectivity index (χ1n) is 8.45. The van der Waals surface area contributed by atoms with Crippen molar-refractivity contribution in [3.8, 4) is 0 Å². The third-order valence-corrected chi connectivity index (χ3v) is 5.71. The van der Waals surface area contributed by atoms with Gasteiger partial charge in [-0.2, -0.15) is 0 Å². The maximum atomic E-state index is 13.4. The quantitative estimate of drug-likeness (QED) is 0.645. The molecule has 3 rings (SSSR count). The molecule has 2 aromatic carbocycles. The summed E-state index contributed by atoms with van der Waals surface area (Å²) in [6.07, 6.45) is 1.68. The zero-order valence-electron chi connectivity index (χ0n) is 15.0. The second kappa shape index (κ2) is 7.98. The van der Waals surface area contributed by atoms with Gasteiger partial charge in [-0.15, -0.1) is 0 Å². The van der Waals surface area contributed by atoms with Crippen LogP contribution in [0.2, 0.25) is 5.02 Å². The van der Waals surface area contributed by atoms with E-state index in [9.17, 15) is 19.1 Å². The summed E-state index contributed by atoms with van der Waals surface area (Å²) in [5.74, 6) is -2.10. The van der Waals surface area contributed by atoms with Crippen molar-refractivity contribution < 1.29 is 19.1 Å². The minimum absolute atomic E-state index is 0.0650. The van der Waals surface area contributed by atoms with Crippen molar-refractivity contribution in [3.05, 3.63) is 58.9 Å². The minimum atomic E-state index is -2.19. The number of nitrogens with zero attached hydrogens (tertiary/aromatic N) is 1. The van der Waals surface area contributed by atoms with E-state index in [1.807, 2.05) is 0 Å². The van der Waals surface area contributed by atoms with Gasteiger partial charge in [0, 0.05) is 35.1 Å². The third-order valence-electron chi connectivity index (χ3n) is 4.53. The highest BCUT2D eigenvalue weighted by Crippen LogP contribution is 2.29. The lowest BCUT2D eigenvalue weighted by atomic mass is 10.0. The molecule has 148 valence electrons. The van der Waals surface area contributed by atoms with Crippen molar-refractivity contribution >= 4 is 39.8 Å². The lowest BCUT2D eigenvalue weighted by molar-refractivity contribution is -0.149. The first-order valence-corrected chi connectivity index (χ1v) is 10.5. The van der Waals surface area contributed by atoms with Crippen LogP contribution >= 0.6 is 11.6 Å². The summed E-state index contributed by atoms with van der Waals surface area (Å²) in [5.41, 5.74) is -1.24. The molecule has 0 saturated carbocycles. The van der Waals surface area contributed by atoms with Crippen molar-refractivity contribution in [1.29, 1.82) is 4.78 Å². The molecular formula is C19H19ClFN3O3S. The normalized spacial score (nSPS) is 20.3. The number of benzene rings is 2. The number of nitrogens with one attached hydrogen (secondary N) is 2. The van der Waals surface area contributed by atoms with Crippen LogP contribution in [-0.2, 0) is 26.8 Å². The Bertz CT molecular complexity index is 951. The van der Waals surface area contributed by atoms with Gasteiger partial charge in [0.1, 0.15) is 5.82 Å². The van der Waals surface area contributed by atoms with Gasteiger partial charge < -0.3 is 15.3 Å². The van der Waals surface area contributed by atoms with Crippen LogP contribution in [0.4, 0.5) is 10.1 Å². The molecule has 9 heteroatoms. The molecule has 0 aromatic heterocycles. The number of carbonyl (C=O) groups is 2. The van der Waals surface area contributed by atoms with Crippen LogP contribution in [-0.4, -0.2) is 35.3 Å². The van der Waals surface area contributed by atoms with Crippen LogP contribution < -0.4 is 10.2 Å². The smallest absolute Gasteiger partial charge is 0.268 e. The third kappa shape index (κ3) is 4.09. The van der Waals surface area contributed by atoms with E-state index in [0.29, 0.717) is 11.3 Å². The molecule has 28 heavy (non-hydrogen) atoms. The summed E-state index contributed by atoms with van der Waals surface area (Å²) in [6.45, 7) is 0.104. The van der Waals surface area contributed by atoms with E-state index in [1.165, 1.54) is 17.0 Å². The monoisotopic (exact) mass is 423 g/mol. The molecule has 1 heterocycles. The molecule has 1 fully saturated rings. The van der Waals surface area contributed by atoms with Crippen LogP contribution in [0, 0.1) is 10.6 Å². The predicted molar refractivity (Wildman–Crippen MR) is 106 cm³/mol. The van der Waals surface area contributed by atoms with Gasteiger partial charge >= 0.3 is 0 Å². The number of hydrogen-bond acceptors (Lipinski definition) is 4. The summed E-state index contributed by atoms with van der Waals surface area (Å²) in [7, 11) is -0.728. The Kier molecular flexibility index (Phi) is 5.83. The van der Waals surface area contributed by atoms with Crippen molar-refractivity contribution in [2.45, 2.75) is 23.5 Å². The van der Waals surface area contributed by atoms with Crippen LogP contribution in [0.25, 0.3) is 0 Å². The molecule has 0 bridgehead atoms. The number of halogens is 2. The minimum Gasteiger partial charge on any atom is -0.372 e. The number of hydrogen-bond donors (Lipinski definition) is 3. The Balaban J connectivity index is 1.73. The maximum absolute atomic E-state index is 13.4. The van der Waals surface area contributed by atoms with Gasteiger partial charge in [0.15, 0.2) is 0 Å². The maximum Gasteiger partial charge on any atom is 0.268 e. The molecule has 2 amide bonds. The van der Waals surface area contributed by atoms with Crippen molar-refractivity contribution in [2.24, 2.45) is 0 Å². The van der Waals surface area contributed by atoms with E-state index in [0.717, 1.165) is 11.0 Å². The lowest BCUT2D eigenvalue weighted by Crippen LogP contribution is -2.52. The average molecular weight is 424 g/mol. The Morgan fingerprint density at radius 1 is 1.39 bits per heavy atom. The highest BCUT2D eigenvalue weighted by atomic mass is 35.5. The lowest BCUT2D eigenvalue weighted by Gasteiger charge is -2.22. The van der Waals surface area contributed by atoms with Crippen molar-refractivity contribution in [3.63, 3.8) is 0 Å². The van der Waals surface area contributed by atoms with Gasteiger partial charge in [0.2, 0.25) is 5.60 Å². The van der Waals surface area contributed by atoms with Gasteiger partial charge in [-0.05, 0) is 48.2 Å². The number of aliphatic hydroxyl groups is 1. The SMILES string of the molecule is CS(=N)c1cccc(N2CCC(O)(C(=O)NCc3cc(F)cc(Cl)c3)C2=O)c1. The van der Waals surface area contributed by atoms with Gasteiger partial charge in [0.05, 0.1) is 0 Å². The zero-order valence-corrected chi connectivity index (χ0v) is 16.6. The van der Waals surface area contributed by atoms with Gasteiger partial charge in [-0.25, -0.2) is 4.39 Å². The summed E-state index contributed by atoms with van der Waals surface area (Å²) < 4.78 is 21.2. The number of rotatable bonds is 5. The van der Waals surface area contributed by atoms with Crippen LogP contribution in [0.15, 0.2) is 47.4 Å². The Labute approximate surface area is 169 Å². The molecule has 2 unspecified atom stereocenters. The zero-order chi connectivity index (χ0) is 20.5. The molecule has 1 aliphatic heterocycles. The summed E-state index contributed by atoms with van der Waals surface area (Å²) in [6, 6.07) is 10.8. The van der Waals surface area contributed by atoms with Crippen LogP contribution in [0.1, 0.15) is 12.0 Å². The number of carbonyl (C=O) groups excluding carboxylic acids is 2. The Hall–Kier alpha value is -2.29. The Morgan fingerprint density at radius 2 is 2.14 bits per heavy atom. The Morgan fingerprint density at radius 3 is 2.82 bits per heavy atom. The summed E-state index contributed by atoms with van der Waals surface area (Å²) >= 11 is 5.79. The van der Waals surface area contributed by atoms with E-state index in [2.05, 4.69) is 5.32 Å². The number of anilines is 1. The molecule has 2 aromatic rings. The molecule has 0 aliphatic carbocycles. The summed E-state index contributed by atoms with van der Waals surface area (Å²) in [5, 5.41) is 13.4. The molecular weight excluding hydrogens is 405 g/mol.